The number of ketones is 1. The monoisotopic (exact) mass is 386 g/mol. The predicted molar refractivity (Wildman–Crippen MR) is 101 cm³/mol. The lowest BCUT2D eigenvalue weighted by molar-refractivity contribution is -0.132. The number of hydrogen-bond donors (Lipinski definition) is 0. The summed E-state index contributed by atoms with van der Waals surface area (Å²) in [5.41, 5.74) is 3.44. The molecular formula is C20H22N2O4S. The molecule has 1 atom stereocenters. The summed E-state index contributed by atoms with van der Waals surface area (Å²) in [7, 11) is 0. The van der Waals surface area contributed by atoms with Gasteiger partial charge in [-0.2, -0.15) is 0 Å². The molecule has 2 aromatic rings. The third kappa shape index (κ3) is 3.83. The number of thiazole rings is 1. The van der Waals surface area contributed by atoms with Gasteiger partial charge in [-0.3, -0.25) is 9.59 Å². The normalized spacial score (nSPS) is 18.6. The summed E-state index contributed by atoms with van der Waals surface area (Å²) in [5.74, 6) is 1.32. The average molecular weight is 386 g/mol. The molecular weight excluding hydrogens is 364 g/mol. The van der Waals surface area contributed by atoms with Crippen molar-refractivity contribution < 1.29 is 19.1 Å². The Morgan fingerprint density at radius 2 is 2.15 bits per heavy atom. The van der Waals surface area contributed by atoms with Crippen molar-refractivity contribution in [3.05, 3.63) is 39.8 Å². The number of amides is 1. The highest BCUT2D eigenvalue weighted by Crippen LogP contribution is 2.34. The average Bonchev–Trinajstić information content (AvgIpc) is 3.33. The van der Waals surface area contributed by atoms with Gasteiger partial charge in [0.05, 0.1) is 11.2 Å². The van der Waals surface area contributed by atoms with Crippen LogP contribution in [0.25, 0.3) is 0 Å². The maximum absolute atomic E-state index is 12.9. The summed E-state index contributed by atoms with van der Waals surface area (Å²) in [4.78, 5) is 32.8. The number of aryl methyl sites for hydroxylation is 2. The summed E-state index contributed by atoms with van der Waals surface area (Å²) < 4.78 is 10.7. The molecule has 27 heavy (non-hydrogen) atoms. The van der Waals surface area contributed by atoms with E-state index in [1.807, 2.05) is 17.3 Å². The highest BCUT2D eigenvalue weighted by Gasteiger charge is 2.29. The van der Waals surface area contributed by atoms with Gasteiger partial charge in [0.2, 0.25) is 12.7 Å². The van der Waals surface area contributed by atoms with E-state index in [9.17, 15) is 9.59 Å². The van der Waals surface area contributed by atoms with Crippen LogP contribution in [0.2, 0.25) is 0 Å². The topological polar surface area (TPSA) is 68.7 Å². The Morgan fingerprint density at radius 3 is 2.96 bits per heavy atom. The van der Waals surface area contributed by atoms with Gasteiger partial charge in [0.25, 0.3) is 0 Å². The molecule has 0 unspecified atom stereocenters. The van der Waals surface area contributed by atoms with E-state index >= 15 is 0 Å². The molecule has 6 nitrogen and oxygen atoms in total. The highest BCUT2D eigenvalue weighted by molar-refractivity contribution is 7.09. The van der Waals surface area contributed by atoms with E-state index in [0.717, 1.165) is 30.0 Å². The zero-order valence-corrected chi connectivity index (χ0v) is 16.1. The maximum atomic E-state index is 12.9. The summed E-state index contributed by atoms with van der Waals surface area (Å²) in [5, 5.41) is 0. The molecule has 1 saturated heterocycles. The van der Waals surface area contributed by atoms with Crippen molar-refractivity contribution in [2.45, 2.75) is 32.6 Å². The SMILES string of the molecule is Cc1ncsc1CCC(=O)N1CCC[C@H](C(=O)c2ccc3c(c2)OCO3)C1. The quantitative estimate of drug-likeness (QED) is 0.738. The van der Waals surface area contributed by atoms with E-state index < -0.39 is 0 Å². The Morgan fingerprint density at radius 1 is 1.30 bits per heavy atom. The number of piperidine rings is 1. The molecule has 142 valence electrons. The Balaban J connectivity index is 1.38. The van der Waals surface area contributed by atoms with Crippen LogP contribution in [0.15, 0.2) is 23.7 Å². The van der Waals surface area contributed by atoms with Crippen molar-refractivity contribution in [2.75, 3.05) is 19.9 Å². The van der Waals surface area contributed by atoms with Gasteiger partial charge in [-0.25, -0.2) is 4.98 Å². The third-order valence-corrected chi connectivity index (χ3v) is 6.21. The summed E-state index contributed by atoms with van der Waals surface area (Å²) in [6.45, 7) is 3.38. The van der Waals surface area contributed by atoms with Crippen molar-refractivity contribution in [1.82, 2.24) is 9.88 Å². The van der Waals surface area contributed by atoms with E-state index in [4.69, 9.17) is 9.47 Å². The third-order valence-electron chi connectivity index (χ3n) is 5.21. The molecule has 4 rings (SSSR count). The molecule has 0 aliphatic carbocycles. The van der Waals surface area contributed by atoms with Gasteiger partial charge < -0.3 is 14.4 Å². The van der Waals surface area contributed by atoms with E-state index in [1.165, 1.54) is 0 Å². The number of carbonyl (C=O) groups is 2. The van der Waals surface area contributed by atoms with Crippen LogP contribution < -0.4 is 9.47 Å². The van der Waals surface area contributed by atoms with Crippen LogP contribution in [0, 0.1) is 12.8 Å². The summed E-state index contributed by atoms with van der Waals surface area (Å²) >= 11 is 1.59. The highest BCUT2D eigenvalue weighted by atomic mass is 32.1. The molecule has 2 aliphatic rings. The standard InChI is InChI=1S/C20H22N2O4S/c1-13-18(27-11-21-13)6-7-19(23)22-8-2-3-15(10-22)20(24)14-4-5-16-17(9-14)26-12-25-16/h4-5,9,11,15H,2-3,6-8,10,12H2,1H3/t15-/m0/s1. The van der Waals surface area contributed by atoms with Crippen LogP contribution >= 0.6 is 11.3 Å². The van der Waals surface area contributed by atoms with Crippen molar-refractivity contribution in [1.29, 1.82) is 0 Å². The number of Topliss-reactive ketones (excluding diaryl/α,β-unsaturated/α-hetero) is 1. The van der Waals surface area contributed by atoms with Gasteiger partial charge in [0.1, 0.15) is 0 Å². The fourth-order valence-electron chi connectivity index (χ4n) is 3.65. The number of nitrogens with zero attached hydrogens (tertiary/aromatic N) is 2. The molecule has 0 radical (unpaired) electrons. The Hall–Kier alpha value is -2.41. The van der Waals surface area contributed by atoms with Crippen molar-refractivity contribution in [3.63, 3.8) is 0 Å². The first kappa shape index (κ1) is 18.0. The van der Waals surface area contributed by atoms with Gasteiger partial charge >= 0.3 is 0 Å². The van der Waals surface area contributed by atoms with E-state index in [0.29, 0.717) is 36.4 Å². The van der Waals surface area contributed by atoms with Crippen LogP contribution in [0.5, 0.6) is 11.5 Å². The lowest BCUT2D eigenvalue weighted by atomic mass is 9.89. The smallest absolute Gasteiger partial charge is 0.231 e. The van der Waals surface area contributed by atoms with E-state index in [-0.39, 0.29) is 24.4 Å². The van der Waals surface area contributed by atoms with Crippen molar-refractivity contribution in [2.24, 2.45) is 5.92 Å². The molecule has 3 heterocycles. The second-order valence-electron chi connectivity index (χ2n) is 6.97. The molecule has 1 amide bonds. The van der Waals surface area contributed by atoms with Crippen LogP contribution in [0.4, 0.5) is 0 Å². The Bertz CT molecular complexity index is 863. The first-order valence-corrected chi connectivity index (χ1v) is 10.1. The number of aromatic nitrogens is 1. The van der Waals surface area contributed by atoms with E-state index in [1.54, 1.807) is 29.5 Å². The van der Waals surface area contributed by atoms with Crippen LogP contribution in [-0.4, -0.2) is 41.5 Å². The zero-order chi connectivity index (χ0) is 18.8. The number of ether oxygens (including phenoxy) is 2. The van der Waals surface area contributed by atoms with Gasteiger partial charge in [-0.1, -0.05) is 0 Å². The molecule has 7 heteroatoms. The molecule has 0 N–H and O–H groups in total. The lowest BCUT2D eigenvalue weighted by Gasteiger charge is -2.32. The number of fused-ring (bicyclic) bond motifs is 1. The van der Waals surface area contributed by atoms with Crippen molar-refractivity contribution in [3.8, 4) is 11.5 Å². The summed E-state index contributed by atoms with van der Waals surface area (Å²) in [6.07, 6.45) is 2.85. The molecule has 2 aliphatic heterocycles. The molecule has 1 aromatic carbocycles. The van der Waals surface area contributed by atoms with Crippen molar-refractivity contribution >= 4 is 23.0 Å². The van der Waals surface area contributed by atoms with Gasteiger partial charge in [-0.15, -0.1) is 11.3 Å². The fourth-order valence-corrected chi connectivity index (χ4v) is 4.43. The number of rotatable bonds is 5. The minimum Gasteiger partial charge on any atom is -0.454 e. The second kappa shape index (κ2) is 7.68. The summed E-state index contributed by atoms with van der Waals surface area (Å²) in [6, 6.07) is 5.31. The molecule has 0 saturated carbocycles. The minimum absolute atomic E-state index is 0.0732. The number of carbonyl (C=O) groups excluding carboxylic acids is 2. The first-order chi connectivity index (χ1) is 13.1. The van der Waals surface area contributed by atoms with Crippen LogP contribution in [0.3, 0.4) is 0 Å². The van der Waals surface area contributed by atoms with Crippen LogP contribution in [0.1, 0.15) is 40.2 Å². The minimum atomic E-state index is -0.159. The first-order valence-electron chi connectivity index (χ1n) is 9.22. The number of benzene rings is 1. The molecule has 1 aromatic heterocycles. The van der Waals surface area contributed by atoms with Gasteiger partial charge in [-0.05, 0) is 44.4 Å². The molecule has 1 fully saturated rings. The fraction of sp³-hybridized carbons (Fsp3) is 0.450. The zero-order valence-electron chi connectivity index (χ0n) is 15.3. The van der Waals surface area contributed by atoms with Crippen LogP contribution in [-0.2, 0) is 11.2 Å². The number of likely N-dealkylation sites (tertiary alicyclic amines) is 1. The predicted octanol–water partition coefficient (Wildman–Crippen LogP) is 3.23. The number of hydrogen-bond acceptors (Lipinski definition) is 6. The molecule has 0 spiro atoms. The lowest BCUT2D eigenvalue weighted by Crippen LogP contribution is -2.42. The Labute approximate surface area is 162 Å². The van der Waals surface area contributed by atoms with Gasteiger partial charge in [0.15, 0.2) is 17.3 Å². The Kier molecular flexibility index (Phi) is 5.11. The largest absolute Gasteiger partial charge is 0.454 e. The maximum Gasteiger partial charge on any atom is 0.231 e. The molecule has 0 bridgehead atoms. The van der Waals surface area contributed by atoms with E-state index in [2.05, 4.69) is 4.98 Å². The second-order valence-corrected chi connectivity index (χ2v) is 7.91. The van der Waals surface area contributed by atoms with Gasteiger partial charge in [0, 0.05) is 35.9 Å².